The van der Waals surface area contributed by atoms with Gasteiger partial charge < -0.3 is 10.3 Å². The second-order valence-corrected chi connectivity index (χ2v) is 5.08. The van der Waals surface area contributed by atoms with Gasteiger partial charge in [0.25, 0.3) is 5.56 Å². The molecule has 2 aromatic carbocycles. The zero-order chi connectivity index (χ0) is 14.8. The second kappa shape index (κ2) is 5.40. The van der Waals surface area contributed by atoms with E-state index in [2.05, 4.69) is 10.3 Å². The number of halogens is 1. The quantitative estimate of drug-likeness (QED) is 0.771. The number of fused-ring (bicyclic) bond motifs is 1. The molecule has 0 aliphatic rings. The van der Waals surface area contributed by atoms with E-state index >= 15 is 0 Å². The molecular weight excluding hydrogens is 267 g/mol. The van der Waals surface area contributed by atoms with E-state index in [1.54, 1.807) is 0 Å². The molecule has 4 heteroatoms. The van der Waals surface area contributed by atoms with E-state index in [9.17, 15) is 9.18 Å². The van der Waals surface area contributed by atoms with Crippen LogP contribution in [0.15, 0.2) is 53.3 Å². The van der Waals surface area contributed by atoms with E-state index in [0.29, 0.717) is 17.8 Å². The Hall–Kier alpha value is -2.62. The number of para-hydroxylation sites is 1. The molecule has 0 unspecified atom stereocenters. The van der Waals surface area contributed by atoms with Crippen molar-refractivity contribution in [1.29, 1.82) is 0 Å². The number of benzene rings is 2. The van der Waals surface area contributed by atoms with Crippen LogP contribution in [0, 0.1) is 12.7 Å². The molecule has 0 spiro atoms. The van der Waals surface area contributed by atoms with Crippen LogP contribution in [0.5, 0.6) is 0 Å². The van der Waals surface area contributed by atoms with Gasteiger partial charge in [0.05, 0.1) is 0 Å². The highest BCUT2D eigenvalue weighted by atomic mass is 19.1. The SMILES string of the molecule is Cc1cc(F)cc(NCc2cc3ccccc3[nH]c2=O)c1. The fourth-order valence-corrected chi connectivity index (χ4v) is 2.36. The first-order chi connectivity index (χ1) is 10.1. The molecule has 0 atom stereocenters. The molecule has 0 radical (unpaired) electrons. The molecule has 0 amide bonds. The third-order valence-corrected chi connectivity index (χ3v) is 3.36. The van der Waals surface area contributed by atoms with Crippen molar-refractivity contribution in [2.75, 3.05) is 5.32 Å². The summed E-state index contributed by atoms with van der Waals surface area (Å²) in [4.78, 5) is 14.9. The maximum atomic E-state index is 13.3. The fourth-order valence-electron chi connectivity index (χ4n) is 2.36. The summed E-state index contributed by atoms with van der Waals surface area (Å²) < 4.78 is 13.3. The van der Waals surface area contributed by atoms with Gasteiger partial charge in [-0.1, -0.05) is 18.2 Å². The highest BCUT2D eigenvalue weighted by Gasteiger charge is 2.03. The van der Waals surface area contributed by atoms with Crippen LogP contribution in [0.2, 0.25) is 0 Å². The van der Waals surface area contributed by atoms with E-state index in [-0.39, 0.29) is 11.4 Å². The average Bonchev–Trinajstić information content (AvgIpc) is 2.44. The Labute approximate surface area is 121 Å². The van der Waals surface area contributed by atoms with Crippen LogP contribution in [0.4, 0.5) is 10.1 Å². The second-order valence-electron chi connectivity index (χ2n) is 5.08. The minimum absolute atomic E-state index is 0.130. The van der Waals surface area contributed by atoms with Crippen LogP contribution >= 0.6 is 0 Å². The van der Waals surface area contributed by atoms with Gasteiger partial charge in [0.15, 0.2) is 0 Å². The smallest absolute Gasteiger partial charge is 0.253 e. The largest absolute Gasteiger partial charge is 0.381 e. The van der Waals surface area contributed by atoms with Crippen LogP contribution in [-0.2, 0) is 6.54 Å². The number of hydrogen-bond donors (Lipinski definition) is 2. The van der Waals surface area contributed by atoms with Gasteiger partial charge >= 0.3 is 0 Å². The molecule has 0 saturated carbocycles. The number of pyridine rings is 1. The third-order valence-electron chi connectivity index (χ3n) is 3.36. The molecule has 1 aromatic heterocycles. The molecule has 3 nitrogen and oxygen atoms in total. The first-order valence-electron chi connectivity index (χ1n) is 6.74. The van der Waals surface area contributed by atoms with E-state index in [0.717, 1.165) is 16.5 Å². The third kappa shape index (κ3) is 2.94. The van der Waals surface area contributed by atoms with Gasteiger partial charge in [0.2, 0.25) is 0 Å². The van der Waals surface area contributed by atoms with Crippen molar-refractivity contribution >= 4 is 16.6 Å². The molecule has 0 aliphatic heterocycles. The van der Waals surface area contributed by atoms with Crippen LogP contribution < -0.4 is 10.9 Å². The number of rotatable bonds is 3. The lowest BCUT2D eigenvalue weighted by Gasteiger charge is -2.08. The minimum atomic E-state index is -0.287. The molecule has 3 rings (SSSR count). The Bertz CT molecular complexity index is 835. The van der Waals surface area contributed by atoms with Crippen LogP contribution in [0.3, 0.4) is 0 Å². The van der Waals surface area contributed by atoms with E-state index in [1.165, 1.54) is 12.1 Å². The summed E-state index contributed by atoms with van der Waals surface area (Å²) >= 11 is 0. The highest BCUT2D eigenvalue weighted by molar-refractivity contribution is 5.78. The molecule has 0 bridgehead atoms. The zero-order valence-electron chi connectivity index (χ0n) is 11.6. The summed E-state index contributed by atoms with van der Waals surface area (Å²) in [6.45, 7) is 2.18. The number of aromatic nitrogens is 1. The van der Waals surface area contributed by atoms with Crippen molar-refractivity contribution in [1.82, 2.24) is 4.98 Å². The van der Waals surface area contributed by atoms with E-state index in [4.69, 9.17) is 0 Å². The summed E-state index contributed by atoms with van der Waals surface area (Å²) in [6.07, 6.45) is 0. The lowest BCUT2D eigenvalue weighted by molar-refractivity contribution is 0.627. The monoisotopic (exact) mass is 282 g/mol. The predicted molar refractivity (Wildman–Crippen MR) is 83.0 cm³/mol. The lowest BCUT2D eigenvalue weighted by Crippen LogP contribution is -2.15. The van der Waals surface area contributed by atoms with Gasteiger partial charge in [0.1, 0.15) is 5.82 Å². The van der Waals surface area contributed by atoms with Gasteiger partial charge in [0, 0.05) is 23.3 Å². The van der Waals surface area contributed by atoms with Crippen LogP contribution in [-0.4, -0.2) is 4.98 Å². The number of H-pyrrole nitrogens is 1. The molecular formula is C17H15FN2O. The summed E-state index contributed by atoms with van der Waals surface area (Å²) in [5.74, 6) is -0.287. The van der Waals surface area contributed by atoms with Gasteiger partial charge in [-0.25, -0.2) is 4.39 Å². The Kier molecular flexibility index (Phi) is 3.44. The number of hydrogen-bond acceptors (Lipinski definition) is 2. The minimum Gasteiger partial charge on any atom is -0.381 e. The number of anilines is 1. The van der Waals surface area contributed by atoms with Crippen LogP contribution in [0.25, 0.3) is 10.9 Å². The summed E-state index contributed by atoms with van der Waals surface area (Å²) in [6, 6.07) is 14.2. The predicted octanol–water partition coefficient (Wildman–Crippen LogP) is 3.59. The average molecular weight is 282 g/mol. The first kappa shape index (κ1) is 13.4. The Morgan fingerprint density at radius 3 is 2.76 bits per heavy atom. The van der Waals surface area contributed by atoms with Crippen molar-refractivity contribution < 1.29 is 4.39 Å². The molecule has 0 fully saturated rings. The zero-order valence-corrected chi connectivity index (χ0v) is 11.6. The Morgan fingerprint density at radius 2 is 1.95 bits per heavy atom. The van der Waals surface area contributed by atoms with Gasteiger partial charge in [-0.05, 0) is 48.2 Å². The van der Waals surface area contributed by atoms with E-state index < -0.39 is 0 Å². The van der Waals surface area contributed by atoms with Crippen molar-refractivity contribution in [2.24, 2.45) is 0 Å². The fraction of sp³-hybridized carbons (Fsp3) is 0.118. The normalized spacial score (nSPS) is 10.8. The van der Waals surface area contributed by atoms with Gasteiger partial charge in [-0.15, -0.1) is 0 Å². The van der Waals surface area contributed by atoms with Crippen LogP contribution in [0.1, 0.15) is 11.1 Å². The summed E-state index contributed by atoms with van der Waals surface area (Å²) in [5.41, 5.74) is 2.81. The van der Waals surface area contributed by atoms with Crippen molar-refractivity contribution in [3.05, 3.63) is 75.8 Å². The molecule has 106 valence electrons. The molecule has 0 aliphatic carbocycles. The Balaban J connectivity index is 1.88. The van der Waals surface area contributed by atoms with E-state index in [1.807, 2.05) is 43.3 Å². The van der Waals surface area contributed by atoms with Crippen molar-refractivity contribution in [3.63, 3.8) is 0 Å². The summed E-state index contributed by atoms with van der Waals surface area (Å²) in [5, 5.41) is 4.06. The molecule has 0 saturated heterocycles. The maximum absolute atomic E-state index is 13.3. The molecule has 21 heavy (non-hydrogen) atoms. The number of aryl methyl sites for hydroxylation is 1. The van der Waals surface area contributed by atoms with Crippen molar-refractivity contribution in [2.45, 2.75) is 13.5 Å². The number of nitrogens with one attached hydrogen (secondary N) is 2. The lowest BCUT2D eigenvalue weighted by atomic mass is 10.1. The van der Waals surface area contributed by atoms with Gasteiger partial charge in [-0.3, -0.25) is 4.79 Å². The Morgan fingerprint density at radius 1 is 1.14 bits per heavy atom. The number of aromatic amines is 1. The summed E-state index contributed by atoms with van der Waals surface area (Å²) in [7, 11) is 0. The first-order valence-corrected chi connectivity index (χ1v) is 6.74. The molecule has 3 aromatic rings. The highest BCUT2D eigenvalue weighted by Crippen LogP contribution is 2.15. The van der Waals surface area contributed by atoms with Crippen molar-refractivity contribution in [3.8, 4) is 0 Å². The standard InChI is InChI=1S/C17H15FN2O/c1-11-6-14(18)9-15(7-11)19-10-13-8-12-4-2-3-5-16(12)20-17(13)21/h2-9,19H,10H2,1H3,(H,20,21). The maximum Gasteiger partial charge on any atom is 0.253 e. The van der Waals surface area contributed by atoms with Gasteiger partial charge in [-0.2, -0.15) is 0 Å². The topological polar surface area (TPSA) is 44.9 Å². The molecule has 1 heterocycles. The molecule has 2 N–H and O–H groups in total.